The Bertz CT molecular complexity index is 3370. The Labute approximate surface area is 321 Å². The van der Waals surface area contributed by atoms with Crippen molar-refractivity contribution >= 4 is 96.1 Å². The van der Waals surface area contributed by atoms with Gasteiger partial charge in [0.05, 0.1) is 50.1 Å². The number of para-hydroxylation sites is 4. The van der Waals surface area contributed by atoms with Gasteiger partial charge < -0.3 is 14.2 Å². The Morgan fingerprint density at radius 2 is 0.982 bits per heavy atom. The summed E-state index contributed by atoms with van der Waals surface area (Å²) >= 11 is 0. The lowest BCUT2D eigenvalue weighted by molar-refractivity contribution is 1.26. The number of anilines is 6. The second-order valence-electron chi connectivity index (χ2n) is 14.3. The number of rotatable bonds is 3. The van der Waals surface area contributed by atoms with E-state index in [1.165, 1.54) is 33.0 Å². The quantitative estimate of drug-likeness (QED) is 0.103. The number of nitrogens with zero attached hydrogens (tertiary/aromatic N) is 4. The lowest BCUT2D eigenvalue weighted by Crippen LogP contribution is -2.40. The summed E-state index contributed by atoms with van der Waals surface area (Å²) < 4.78 is 2.06. The second kappa shape index (κ2) is 11.7. The van der Waals surface area contributed by atoms with Gasteiger partial charge >= 0.3 is 0 Å². The van der Waals surface area contributed by atoms with Crippen molar-refractivity contribution in [1.82, 2.24) is 9.38 Å². The van der Waals surface area contributed by atoms with Crippen LogP contribution < -0.4 is 36.6 Å². The minimum absolute atomic E-state index is 0.115. The molecule has 6 nitrogen and oxygen atoms in total. The van der Waals surface area contributed by atoms with Crippen LogP contribution in [0.2, 0.25) is 0 Å². The molecule has 262 valence electrons. The Morgan fingerprint density at radius 1 is 0.429 bits per heavy atom. The van der Waals surface area contributed by atoms with Crippen LogP contribution in [-0.2, 0) is 0 Å². The summed E-state index contributed by atoms with van der Waals surface area (Å²) in [5, 5.41) is 5.95. The summed E-state index contributed by atoms with van der Waals surface area (Å²) in [5.74, 6) is 0. The first-order valence-corrected chi connectivity index (χ1v) is 20.0. The highest BCUT2D eigenvalue weighted by molar-refractivity contribution is 7.81. The monoisotopic (exact) mass is 736 g/mol. The lowest BCUT2D eigenvalue weighted by atomic mass is 10.00. The highest BCUT2D eigenvalue weighted by Gasteiger charge is 2.40. The molecular weight excluding hydrogens is 708 g/mol. The molecule has 2 aliphatic heterocycles. The molecule has 1 atom stereocenters. The molecule has 3 aromatic heterocycles. The summed E-state index contributed by atoms with van der Waals surface area (Å²) in [7, 11) is -0.983. The predicted octanol–water partition coefficient (Wildman–Crippen LogP) is 9.94. The normalized spacial score (nSPS) is 14.3. The van der Waals surface area contributed by atoms with Gasteiger partial charge in [-0.1, -0.05) is 84.9 Å². The molecule has 0 N–H and O–H groups in total. The lowest BCUT2D eigenvalue weighted by Gasteiger charge is -2.45. The molecule has 0 radical (unpaired) electrons. The fraction of sp³-hybridized carbons (Fsp3) is 0. The zero-order valence-electron chi connectivity index (χ0n) is 29.8. The Kier molecular flexibility index (Phi) is 6.51. The summed E-state index contributed by atoms with van der Waals surface area (Å²) in [6, 6.07) is 57.3. The average molecular weight is 737 g/mol. The molecule has 2 aliphatic rings. The molecule has 56 heavy (non-hydrogen) atoms. The third kappa shape index (κ3) is 4.22. The van der Waals surface area contributed by atoms with E-state index in [9.17, 15) is 9.59 Å². The summed E-state index contributed by atoms with van der Waals surface area (Å²) in [6.45, 7) is 0. The highest BCUT2D eigenvalue weighted by atomic mass is 31.1. The van der Waals surface area contributed by atoms with Crippen molar-refractivity contribution in [2.75, 3.05) is 9.80 Å². The second-order valence-corrected chi connectivity index (χ2v) is 16.4. The number of benzene rings is 7. The van der Waals surface area contributed by atoms with Gasteiger partial charge in [-0.25, -0.2) is 0 Å². The molecule has 5 heterocycles. The third-order valence-corrected chi connectivity index (χ3v) is 14.0. The number of pyridine rings is 3. The van der Waals surface area contributed by atoms with E-state index in [1.807, 2.05) is 36.4 Å². The standard InChI is InChI=1S/C49H29N4O2P/c54-47-34-16-7-8-17-38(34)53-39-24-22-30(26-35(39)48(55)37-29-50-28-36(47)46(37)53)31-23-25-41-45(27-31)56-44-21-10-9-18-40(44)51(32-12-3-1-4-13-32)42-19-11-20-43(49(42)56)52(41)33-14-5-2-6-15-33/h1-29H. The van der Waals surface area contributed by atoms with E-state index in [1.54, 1.807) is 12.4 Å². The number of hydrogen-bond acceptors (Lipinski definition) is 5. The predicted molar refractivity (Wildman–Crippen MR) is 232 cm³/mol. The fourth-order valence-electron chi connectivity index (χ4n) is 9.00. The van der Waals surface area contributed by atoms with Gasteiger partial charge in [-0.15, -0.1) is 0 Å². The van der Waals surface area contributed by atoms with Crippen LogP contribution in [0.4, 0.5) is 34.1 Å². The van der Waals surface area contributed by atoms with Crippen molar-refractivity contribution in [3.05, 3.63) is 197 Å². The van der Waals surface area contributed by atoms with Crippen LogP contribution in [0.5, 0.6) is 0 Å². The van der Waals surface area contributed by atoms with E-state index in [4.69, 9.17) is 0 Å². The zero-order chi connectivity index (χ0) is 37.1. The minimum atomic E-state index is -0.983. The first-order valence-electron chi connectivity index (χ1n) is 18.6. The molecule has 0 saturated heterocycles. The maximum atomic E-state index is 14.4. The summed E-state index contributed by atoms with van der Waals surface area (Å²) in [5.41, 5.74) is 10.8. The van der Waals surface area contributed by atoms with Gasteiger partial charge in [-0.2, -0.15) is 0 Å². The van der Waals surface area contributed by atoms with Crippen LogP contribution in [0, 0.1) is 0 Å². The topological polar surface area (TPSA) is 57.9 Å². The third-order valence-electron chi connectivity index (χ3n) is 11.4. The van der Waals surface area contributed by atoms with Gasteiger partial charge in [0.2, 0.25) is 0 Å². The van der Waals surface area contributed by atoms with Gasteiger partial charge in [0, 0.05) is 50.5 Å². The molecule has 0 saturated carbocycles. The van der Waals surface area contributed by atoms with Crippen LogP contribution in [0.1, 0.15) is 0 Å². The van der Waals surface area contributed by atoms with Crippen molar-refractivity contribution in [2.24, 2.45) is 0 Å². The maximum absolute atomic E-state index is 14.4. The molecule has 12 rings (SSSR count). The highest BCUT2D eigenvalue weighted by Crippen LogP contribution is 2.56. The van der Waals surface area contributed by atoms with Crippen molar-refractivity contribution in [3.63, 3.8) is 0 Å². The Balaban J connectivity index is 1.12. The van der Waals surface area contributed by atoms with Crippen molar-refractivity contribution in [2.45, 2.75) is 0 Å². The molecule has 1 unspecified atom stereocenters. The first-order chi connectivity index (χ1) is 27.7. The van der Waals surface area contributed by atoms with Crippen molar-refractivity contribution < 1.29 is 0 Å². The van der Waals surface area contributed by atoms with E-state index in [0.29, 0.717) is 27.1 Å². The maximum Gasteiger partial charge on any atom is 0.198 e. The molecule has 0 fully saturated rings. The van der Waals surface area contributed by atoms with Gasteiger partial charge in [0.1, 0.15) is 0 Å². The zero-order valence-corrected chi connectivity index (χ0v) is 30.7. The van der Waals surface area contributed by atoms with Gasteiger partial charge in [-0.3, -0.25) is 14.6 Å². The van der Waals surface area contributed by atoms with Gasteiger partial charge in [-0.05, 0) is 97.9 Å². The number of fused-ring (bicyclic) bond motifs is 8. The molecular formula is C49H29N4O2P. The largest absolute Gasteiger partial charge is 0.309 e. The van der Waals surface area contributed by atoms with Crippen LogP contribution in [0.3, 0.4) is 0 Å². The molecule has 0 aliphatic carbocycles. The van der Waals surface area contributed by atoms with E-state index < -0.39 is 7.92 Å². The van der Waals surface area contributed by atoms with Gasteiger partial charge in [0.15, 0.2) is 10.9 Å². The average Bonchev–Trinajstić information content (AvgIpc) is 3.26. The summed E-state index contributed by atoms with van der Waals surface area (Å²) in [4.78, 5) is 37.1. The van der Waals surface area contributed by atoms with Gasteiger partial charge in [0.25, 0.3) is 0 Å². The minimum Gasteiger partial charge on any atom is -0.309 e. The SMILES string of the molecule is O=c1c2ccccc2n2c3ccc(-c4ccc5c(c4)P4c6ccccc6N(c6ccccc6)c6cccc(c64)N5c4ccccc4)cc3c(=O)c3cncc1c32. The van der Waals surface area contributed by atoms with Crippen LogP contribution >= 0.6 is 7.92 Å². The summed E-state index contributed by atoms with van der Waals surface area (Å²) in [6.07, 6.45) is 3.18. The Morgan fingerprint density at radius 3 is 1.71 bits per heavy atom. The van der Waals surface area contributed by atoms with Crippen molar-refractivity contribution in [1.29, 1.82) is 0 Å². The van der Waals surface area contributed by atoms with E-state index in [-0.39, 0.29) is 10.9 Å². The van der Waals surface area contributed by atoms with Crippen molar-refractivity contribution in [3.8, 4) is 11.1 Å². The molecule has 10 aromatic rings. The van der Waals surface area contributed by atoms with E-state index in [0.717, 1.165) is 39.2 Å². The molecule has 0 bridgehead atoms. The number of aromatic nitrogens is 2. The van der Waals surface area contributed by atoms with Crippen LogP contribution in [0.15, 0.2) is 186 Å². The van der Waals surface area contributed by atoms with E-state index >= 15 is 0 Å². The molecule has 7 aromatic carbocycles. The molecule has 0 amide bonds. The smallest absolute Gasteiger partial charge is 0.198 e. The van der Waals surface area contributed by atoms with Crippen LogP contribution in [0.25, 0.3) is 49.2 Å². The first kappa shape index (κ1) is 31.2. The fourth-order valence-corrected chi connectivity index (χ4v) is 11.9. The Hall–Kier alpha value is -7.14. The van der Waals surface area contributed by atoms with Crippen LogP contribution in [-0.4, -0.2) is 9.38 Å². The molecule has 0 spiro atoms. The molecule has 7 heteroatoms. The number of hydrogen-bond donors (Lipinski definition) is 0. The van der Waals surface area contributed by atoms with E-state index in [2.05, 4.69) is 147 Å².